The van der Waals surface area contributed by atoms with Crippen LogP contribution in [0.4, 0.5) is 65.9 Å². The Kier molecular flexibility index (Phi) is 6.45. The van der Waals surface area contributed by atoms with E-state index in [1.54, 1.807) is 0 Å². The third-order valence-corrected chi connectivity index (χ3v) is 3.04. The van der Waals surface area contributed by atoms with Crippen molar-refractivity contribution in [3.8, 4) is 0 Å². The molecule has 0 rings (SSSR count). The molecule has 162 valence electrons. The highest BCUT2D eigenvalue weighted by atomic mass is 19.4. The third kappa shape index (κ3) is 3.62. The minimum absolute atomic E-state index is 0.305. The zero-order valence-corrected chi connectivity index (χ0v) is 12.3. The van der Waals surface area contributed by atoms with Crippen LogP contribution in [-0.4, -0.2) is 48.3 Å². The van der Waals surface area contributed by atoms with Crippen molar-refractivity contribution in [2.75, 3.05) is 6.61 Å². The van der Waals surface area contributed by atoms with E-state index in [0.717, 1.165) is 0 Å². The molecule has 0 spiro atoms. The fourth-order valence-electron chi connectivity index (χ4n) is 1.43. The molecule has 0 aliphatic heterocycles. The SMILES string of the molecule is C=COCCC(F)(F)C(F)(F)C(F)(F)C(F)(F)C(F)(F)C(F)(F)C(F)(F)F. The Morgan fingerprint density at radius 2 is 0.889 bits per heavy atom. The van der Waals surface area contributed by atoms with Gasteiger partial charge in [-0.3, -0.25) is 0 Å². The highest BCUT2D eigenvalue weighted by Gasteiger charge is 2.93. The van der Waals surface area contributed by atoms with E-state index in [1.807, 2.05) is 0 Å². The van der Waals surface area contributed by atoms with Crippen LogP contribution in [0.1, 0.15) is 6.42 Å². The molecule has 0 aromatic heterocycles. The molecule has 0 aliphatic carbocycles. The number of hydrogen-bond donors (Lipinski definition) is 0. The van der Waals surface area contributed by atoms with E-state index in [9.17, 15) is 65.9 Å². The predicted molar refractivity (Wildman–Crippen MR) is 56.5 cm³/mol. The Labute approximate surface area is 139 Å². The van der Waals surface area contributed by atoms with Gasteiger partial charge in [0.25, 0.3) is 0 Å². The van der Waals surface area contributed by atoms with Gasteiger partial charge in [-0.1, -0.05) is 6.58 Å². The average molecular weight is 440 g/mol. The van der Waals surface area contributed by atoms with E-state index < -0.39 is 54.7 Å². The topological polar surface area (TPSA) is 9.23 Å². The fourth-order valence-corrected chi connectivity index (χ4v) is 1.43. The van der Waals surface area contributed by atoms with Crippen LogP contribution in [0.15, 0.2) is 12.8 Å². The second kappa shape index (κ2) is 6.83. The van der Waals surface area contributed by atoms with E-state index in [4.69, 9.17) is 0 Å². The summed E-state index contributed by atoms with van der Waals surface area (Å²) in [6, 6.07) is 0. The van der Waals surface area contributed by atoms with Crippen molar-refractivity contribution >= 4 is 0 Å². The van der Waals surface area contributed by atoms with E-state index in [2.05, 4.69) is 11.3 Å². The molecule has 0 aliphatic rings. The van der Waals surface area contributed by atoms with Crippen molar-refractivity contribution in [3.63, 3.8) is 0 Å². The Bertz CT molecular complexity index is 532. The molecule has 0 fully saturated rings. The molecule has 0 saturated heterocycles. The van der Waals surface area contributed by atoms with Crippen molar-refractivity contribution < 1.29 is 70.6 Å². The first-order valence-electron chi connectivity index (χ1n) is 6.12. The van der Waals surface area contributed by atoms with Crippen molar-refractivity contribution in [3.05, 3.63) is 12.8 Å². The minimum atomic E-state index is -8.26. The monoisotopic (exact) mass is 440 g/mol. The summed E-state index contributed by atoms with van der Waals surface area (Å²) in [6.45, 7) is 1.11. The number of halogens is 15. The molecule has 27 heavy (non-hydrogen) atoms. The van der Waals surface area contributed by atoms with Gasteiger partial charge in [-0.25, -0.2) is 0 Å². The number of ether oxygens (including phenoxy) is 1. The van der Waals surface area contributed by atoms with Crippen molar-refractivity contribution in [2.45, 2.75) is 48.1 Å². The second-order valence-electron chi connectivity index (χ2n) is 4.86. The first-order valence-corrected chi connectivity index (χ1v) is 6.12. The zero-order chi connectivity index (χ0) is 22.3. The van der Waals surface area contributed by atoms with Crippen LogP contribution in [0.2, 0.25) is 0 Å². The Morgan fingerprint density at radius 1 is 0.556 bits per heavy atom. The molecule has 0 bridgehead atoms. The maximum absolute atomic E-state index is 13.2. The molecule has 1 nitrogen and oxygen atoms in total. The van der Waals surface area contributed by atoms with Crippen LogP contribution >= 0.6 is 0 Å². The highest BCUT2D eigenvalue weighted by molar-refractivity contribution is 5.12. The summed E-state index contributed by atoms with van der Waals surface area (Å²) >= 11 is 0. The number of rotatable bonds is 9. The van der Waals surface area contributed by atoms with Crippen molar-refractivity contribution in [1.29, 1.82) is 0 Å². The Balaban J connectivity index is 6.26. The third-order valence-electron chi connectivity index (χ3n) is 3.04. The standard InChI is InChI=1S/C11H7F15O/c1-2-27-4-3-5(12,13)6(14,15)7(16,17)8(18,19)9(20,21)10(22,23)11(24,25)26/h2H,1,3-4H2. The number of hydrogen-bond acceptors (Lipinski definition) is 1. The largest absolute Gasteiger partial charge is 0.502 e. The molecule has 0 atom stereocenters. The van der Waals surface area contributed by atoms with Crippen LogP contribution in [0.25, 0.3) is 0 Å². The van der Waals surface area contributed by atoms with Gasteiger partial charge < -0.3 is 4.74 Å². The summed E-state index contributed by atoms with van der Waals surface area (Å²) in [7, 11) is 0. The van der Waals surface area contributed by atoms with E-state index in [-0.39, 0.29) is 0 Å². The number of alkyl halides is 15. The lowest BCUT2D eigenvalue weighted by Crippen LogP contribution is -2.72. The lowest BCUT2D eigenvalue weighted by Gasteiger charge is -2.41. The molecule has 0 saturated carbocycles. The molecular weight excluding hydrogens is 433 g/mol. The van der Waals surface area contributed by atoms with E-state index in [0.29, 0.717) is 6.26 Å². The van der Waals surface area contributed by atoms with Gasteiger partial charge in [0.15, 0.2) is 0 Å². The second-order valence-corrected chi connectivity index (χ2v) is 4.86. The van der Waals surface area contributed by atoms with Crippen molar-refractivity contribution in [1.82, 2.24) is 0 Å². The molecule has 0 amide bonds. The van der Waals surface area contributed by atoms with Crippen LogP contribution < -0.4 is 0 Å². The molecule has 0 heterocycles. The van der Waals surface area contributed by atoms with Gasteiger partial charge >= 0.3 is 41.7 Å². The minimum Gasteiger partial charge on any atom is -0.502 e. The Morgan fingerprint density at radius 3 is 1.22 bits per heavy atom. The van der Waals surface area contributed by atoms with Gasteiger partial charge in [0.05, 0.1) is 19.3 Å². The molecule has 0 radical (unpaired) electrons. The molecular formula is C11H7F15O. The first-order chi connectivity index (χ1) is 11.6. The predicted octanol–water partition coefficient (Wildman–Crippen LogP) is 5.91. The smallest absolute Gasteiger partial charge is 0.460 e. The maximum Gasteiger partial charge on any atom is 0.460 e. The summed E-state index contributed by atoms with van der Waals surface area (Å²) in [6.07, 6.45) is -9.83. The van der Waals surface area contributed by atoms with Crippen LogP contribution in [0, 0.1) is 0 Å². The fraction of sp³-hybridized carbons (Fsp3) is 0.818. The molecule has 0 aromatic carbocycles. The highest BCUT2D eigenvalue weighted by Crippen LogP contribution is 2.62. The Hall–Kier alpha value is -1.51. The molecule has 0 unspecified atom stereocenters. The van der Waals surface area contributed by atoms with E-state index >= 15 is 0 Å². The average Bonchev–Trinajstić information content (AvgIpc) is 2.45. The summed E-state index contributed by atoms with van der Waals surface area (Å²) in [4.78, 5) is 0. The quantitative estimate of drug-likeness (QED) is 0.246. The van der Waals surface area contributed by atoms with E-state index in [1.165, 1.54) is 0 Å². The van der Waals surface area contributed by atoms with Gasteiger partial charge in [-0.15, -0.1) is 0 Å². The zero-order valence-electron chi connectivity index (χ0n) is 12.3. The van der Waals surface area contributed by atoms with Crippen molar-refractivity contribution in [2.24, 2.45) is 0 Å². The van der Waals surface area contributed by atoms with Crippen LogP contribution in [0.5, 0.6) is 0 Å². The maximum atomic E-state index is 13.2. The molecule has 0 N–H and O–H groups in total. The van der Waals surface area contributed by atoms with Gasteiger partial charge in [0, 0.05) is 0 Å². The normalized spacial score (nSPS) is 15.7. The first kappa shape index (κ1) is 25.5. The van der Waals surface area contributed by atoms with Gasteiger partial charge in [-0.05, 0) is 0 Å². The summed E-state index contributed by atoms with van der Waals surface area (Å²) in [5, 5.41) is 0. The lowest BCUT2D eigenvalue weighted by atomic mass is 9.90. The molecule has 0 aromatic rings. The van der Waals surface area contributed by atoms with Gasteiger partial charge in [0.2, 0.25) is 0 Å². The van der Waals surface area contributed by atoms with Crippen LogP contribution in [-0.2, 0) is 4.74 Å². The summed E-state index contributed by atoms with van der Waals surface area (Å²) in [5.74, 6) is -46.3. The summed E-state index contributed by atoms with van der Waals surface area (Å²) < 4.78 is 195. The molecule has 16 heteroatoms. The van der Waals surface area contributed by atoms with Gasteiger partial charge in [0.1, 0.15) is 0 Å². The summed E-state index contributed by atoms with van der Waals surface area (Å²) in [5.41, 5.74) is 0. The van der Waals surface area contributed by atoms with Crippen LogP contribution in [0.3, 0.4) is 0 Å². The van der Waals surface area contributed by atoms with Gasteiger partial charge in [-0.2, -0.15) is 65.9 Å². The lowest BCUT2D eigenvalue weighted by molar-refractivity contribution is -0.452.